The lowest BCUT2D eigenvalue weighted by atomic mass is 10.1. The Balaban J connectivity index is 2.49. The molecule has 0 unspecified atom stereocenters. The van der Waals surface area contributed by atoms with Crippen molar-refractivity contribution in [3.8, 4) is 0 Å². The van der Waals surface area contributed by atoms with E-state index in [1.165, 1.54) is 25.3 Å². The molecule has 0 atom stereocenters. The molecule has 5 nitrogen and oxygen atoms in total. The van der Waals surface area contributed by atoms with Crippen molar-refractivity contribution in [1.82, 2.24) is 0 Å². The molecule has 0 fully saturated rings. The van der Waals surface area contributed by atoms with E-state index >= 15 is 0 Å². The third-order valence-corrected chi connectivity index (χ3v) is 5.60. The number of hydrogen-bond donors (Lipinski definition) is 1. The van der Waals surface area contributed by atoms with Crippen molar-refractivity contribution < 1.29 is 17.9 Å². The fourth-order valence-corrected chi connectivity index (χ4v) is 3.46. The molecule has 2 aromatic carbocycles. The van der Waals surface area contributed by atoms with Crippen LogP contribution in [0.15, 0.2) is 45.8 Å². The minimum atomic E-state index is -3.80. The Hall–Kier alpha value is -1.86. The van der Waals surface area contributed by atoms with E-state index in [9.17, 15) is 13.2 Å². The Morgan fingerprint density at radius 2 is 1.70 bits per heavy atom. The number of aryl methyl sites for hydroxylation is 1. The number of carbonyl (C=O) groups is 1. The molecule has 0 amide bonds. The molecular formula is C16H16BrNO4S. The molecule has 122 valence electrons. The van der Waals surface area contributed by atoms with Crippen LogP contribution in [0.2, 0.25) is 0 Å². The first-order valence-corrected chi connectivity index (χ1v) is 9.01. The molecule has 0 bridgehead atoms. The summed E-state index contributed by atoms with van der Waals surface area (Å²) in [7, 11) is -2.55. The zero-order valence-electron chi connectivity index (χ0n) is 12.9. The van der Waals surface area contributed by atoms with E-state index in [-0.39, 0.29) is 16.1 Å². The average Bonchev–Trinajstić information content (AvgIpc) is 2.51. The van der Waals surface area contributed by atoms with E-state index in [0.29, 0.717) is 10.0 Å². The molecule has 0 aliphatic rings. The Morgan fingerprint density at radius 1 is 1.09 bits per heavy atom. The lowest BCUT2D eigenvalue weighted by Crippen LogP contribution is -2.17. The van der Waals surface area contributed by atoms with Gasteiger partial charge in [-0.1, -0.05) is 33.6 Å². The van der Waals surface area contributed by atoms with Gasteiger partial charge in [-0.25, -0.2) is 13.2 Å². The minimum absolute atomic E-state index is 0.125. The third-order valence-electron chi connectivity index (χ3n) is 3.36. The first-order valence-electron chi connectivity index (χ1n) is 6.73. The Kier molecular flexibility index (Phi) is 5.11. The Morgan fingerprint density at radius 3 is 2.26 bits per heavy atom. The number of nitrogens with one attached hydrogen (secondary N) is 1. The van der Waals surface area contributed by atoms with Crippen LogP contribution < -0.4 is 4.72 Å². The van der Waals surface area contributed by atoms with Gasteiger partial charge < -0.3 is 4.74 Å². The van der Waals surface area contributed by atoms with E-state index in [0.717, 1.165) is 5.56 Å². The van der Waals surface area contributed by atoms with Crippen molar-refractivity contribution in [2.24, 2.45) is 0 Å². The average molecular weight is 398 g/mol. The zero-order valence-corrected chi connectivity index (χ0v) is 15.3. The smallest absolute Gasteiger partial charge is 0.340 e. The van der Waals surface area contributed by atoms with E-state index in [1.54, 1.807) is 25.1 Å². The lowest BCUT2D eigenvalue weighted by molar-refractivity contribution is 0.0601. The summed E-state index contributed by atoms with van der Waals surface area (Å²) in [6.07, 6.45) is 0. The molecular weight excluding hydrogens is 382 g/mol. The Bertz CT molecular complexity index is 845. The van der Waals surface area contributed by atoms with Crippen molar-refractivity contribution in [1.29, 1.82) is 0 Å². The number of benzene rings is 2. The Labute approximate surface area is 143 Å². The third kappa shape index (κ3) is 3.73. The number of sulfonamides is 1. The van der Waals surface area contributed by atoms with Crippen molar-refractivity contribution in [3.05, 3.63) is 57.6 Å². The number of carbonyl (C=O) groups excluding carboxylic acids is 1. The first-order chi connectivity index (χ1) is 10.8. The predicted octanol–water partition coefficient (Wildman–Crippen LogP) is 3.65. The van der Waals surface area contributed by atoms with E-state index < -0.39 is 16.0 Å². The number of ether oxygens (including phenoxy) is 1. The monoisotopic (exact) mass is 397 g/mol. The summed E-state index contributed by atoms with van der Waals surface area (Å²) in [4.78, 5) is 12.1. The zero-order chi connectivity index (χ0) is 17.2. The van der Waals surface area contributed by atoms with Crippen molar-refractivity contribution >= 4 is 37.6 Å². The maximum absolute atomic E-state index is 12.5. The van der Waals surface area contributed by atoms with Crippen LogP contribution in [0.4, 0.5) is 5.69 Å². The highest BCUT2D eigenvalue weighted by Gasteiger charge is 2.22. The molecule has 0 spiro atoms. The molecule has 23 heavy (non-hydrogen) atoms. The van der Waals surface area contributed by atoms with Gasteiger partial charge in [-0.15, -0.1) is 0 Å². The van der Waals surface area contributed by atoms with Crippen molar-refractivity contribution in [2.45, 2.75) is 18.7 Å². The molecule has 0 aliphatic carbocycles. The lowest BCUT2D eigenvalue weighted by Gasteiger charge is -2.14. The van der Waals surface area contributed by atoms with Gasteiger partial charge in [0.2, 0.25) is 0 Å². The van der Waals surface area contributed by atoms with E-state index in [4.69, 9.17) is 4.74 Å². The molecule has 2 aromatic rings. The van der Waals surface area contributed by atoms with Crippen molar-refractivity contribution in [3.63, 3.8) is 0 Å². The quantitative estimate of drug-likeness (QED) is 0.798. The summed E-state index contributed by atoms with van der Waals surface area (Å²) in [5.41, 5.74) is 1.91. The largest absolute Gasteiger partial charge is 0.465 e. The standard InChI is InChI=1S/C16H16BrNO4S/c1-10-4-6-12(7-5-10)23(20,21)18-14-9-8-13(17)11(2)15(14)16(19)22-3/h4-9,18H,1-3H3. The van der Waals surface area contributed by atoms with Gasteiger partial charge in [-0.3, -0.25) is 4.72 Å². The second kappa shape index (κ2) is 6.72. The first kappa shape index (κ1) is 17.5. The summed E-state index contributed by atoms with van der Waals surface area (Å²) in [5.74, 6) is -0.606. The van der Waals surface area contributed by atoms with Crippen LogP contribution in [0, 0.1) is 13.8 Å². The number of hydrogen-bond acceptors (Lipinski definition) is 4. The van der Waals surface area contributed by atoms with Gasteiger partial charge >= 0.3 is 5.97 Å². The summed E-state index contributed by atoms with van der Waals surface area (Å²) in [6, 6.07) is 9.65. The van der Waals surface area contributed by atoms with Gasteiger partial charge in [0.1, 0.15) is 0 Å². The van der Waals surface area contributed by atoms with Crippen LogP contribution in [-0.2, 0) is 14.8 Å². The maximum atomic E-state index is 12.5. The van der Waals surface area contributed by atoms with Crippen LogP contribution in [-0.4, -0.2) is 21.5 Å². The number of halogens is 1. The molecule has 0 heterocycles. The summed E-state index contributed by atoms with van der Waals surface area (Å²) >= 11 is 3.33. The number of esters is 1. The van der Waals surface area contributed by atoms with Gasteiger partial charge in [0, 0.05) is 4.47 Å². The fourth-order valence-electron chi connectivity index (χ4n) is 2.06. The molecule has 0 saturated heterocycles. The number of methoxy groups -OCH3 is 1. The van der Waals surface area contributed by atoms with Crippen LogP contribution >= 0.6 is 15.9 Å². The van der Waals surface area contributed by atoms with Crippen LogP contribution in [0.1, 0.15) is 21.5 Å². The maximum Gasteiger partial charge on any atom is 0.340 e. The van der Waals surface area contributed by atoms with Crippen LogP contribution in [0.25, 0.3) is 0 Å². The normalized spacial score (nSPS) is 11.1. The summed E-state index contributed by atoms with van der Waals surface area (Å²) < 4.78 is 32.9. The van der Waals surface area contributed by atoms with Crippen LogP contribution in [0.3, 0.4) is 0 Å². The molecule has 0 aliphatic heterocycles. The number of anilines is 1. The molecule has 7 heteroatoms. The predicted molar refractivity (Wildman–Crippen MR) is 92.2 cm³/mol. The molecule has 2 rings (SSSR count). The highest BCUT2D eigenvalue weighted by Crippen LogP contribution is 2.29. The fraction of sp³-hybridized carbons (Fsp3) is 0.188. The molecule has 0 saturated carbocycles. The highest BCUT2D eigenvalue weighted by atomic mass is 79.9. The van der Waals surface area contributed by atoms with E-state index in [1.807, 2.05) is 6.92 Å². The van der Waals surface area contributed by atoms with Crippen molar-refractivity contribution in [2.75, 3.05) is 11.8 Å². The van der Waals surface area contributed by atoms with Gasteiger partial charge in [0.25, 0.3) is 10.0 Å². The topological polar surface area (TPSA) is 72.5 Å². The van der Waals surface area contributed by atoms with Gasteiger partial charge in [0.15, 0.2) is 0 Å². The highest BCUT2D eigenvalue weighted by molar-refractivity contribution is 9.10. The summed E-state index contributed by atoms with van der Waals surface area (Å²) in [5, 5.41) is 0. The summed E-state index contributed by atoms with van der Waals surface area (Å²) in [6.45, 7) is 3.58. The SMILES string of the molecule is COC(=O)c1c(NS(=O)(=O)c2ccc(C)cc2)ccc(Br)c1C. The van der Waals surface area contributed by atoms with Crippen LogP contribution in [0.5, 0.6) is 0 Å². The van der Waals surface area contributed by atoms with Gasteiger partial charge in [0.05, 0.1) is 23.3 Å². The second-order valence-electron chi connectivity index (χ2n) is 5.01. The minimum Gasteiger partial charge on any atom is -0.465 e. The van der Waals surface area contributed by atoms with Gasteiger partial charge in [-0.2, -0.15) is 0 Å². The molecule has 1 N–H and O–H groups in total. The number of rotatable bonds is 4. The van der Waals surface area contributed by atoms with E-state index in [2.05, 4.69) is 20.7 Å². The second-order valence-corrected chi connectivity index (χ2v) is 7.54. The molecule has 0 aromatic heterocycles. The molecule has 0 radical (unpaired) electrons. The van der Waals surface area contributed by atoms with Gasteiger partial charge in [-0.05, 0) is 43.7 Å².